The van der Waals surface area contributed by atoms with E-state index in [1.54, 1.807) is 6.33 Å². The van der Waals surface area contributed by atoms with Crippen LogP contribution < -0.4 is 5.73 Å². The van der Waals surface area contributed by atoms with Crippen molar-refractivity contribution in [3.05, 3.63) is 37.0 Å². The summed E-state index contributed by atoms with van der Waals surface area (Å²) in [5, 5.41) is 0.143. The Kier molecular flexibility index (Phi) is 5.36. The van der Waals surface area contributed by atoms with Gasteiger partial charge in [0.1, 0.15) is 18.1 Å². The number of rotatable bonds is 1. The van der Waals surface area contributed by atoms with E-state index in [4.69, 9.17) is 22.1 Å². The Bertz CT molecular complexity index is 803. The number of alkyl halides is 1. The van der Waals surface area contributed by atoms with Crippen LogP contribution in [0.1, 0.15) is 32.9 Å². The molecule has 6 nitrogen and oxygen atoms in total. The van der Waals surface area contributed by atoms with E-state index in [1.165, 1.54) is 6.33 Å². The fourth-order valence-corrected chi connectivity index (χ4v) is 3.10. The zero-order valence-corrected chi connectivity index (χ0v) is 15.9. The summed E-state index contributed by atoms with van der Waals surface area (Å²) in [5.41, 5.74) is 7.11. The summed E-state index contributed by atoms with van der Waals surface area (Å²) in [6, 6.07) is 0. The molecule has 0 radical (unpaired) electrons. The number of imidazole rings is 1. The zero-order chi connectivity index (χ0) is 18.0. The van der Waals surface area contributed by atoms with E-state index >= 15 is 0 Å². The Morgan fingerprint density at radius 3 is 2.72 bits per heavy atom. The first kappa shape index (κ1) is 18.2. The van der Waals surface area contributed by atoms with Gasteiger partial charge in [-0.25, -0.2) is 15.0 Å². The molecule has 0 amide bonds. The van der Waals surface area contributed by atoms with Gasteiger partial charge in [0, 0.05) is 5.25 Å². The molecular formula is C17H22ClN5OS. The lowest BCUT2D eigenvalue weighted by molar-refractivity contribution is 0.0131. The summed E-state index contributed by atoms with van der Waals surface area (Å²) in [6.45, 7) is 4.02. The minimum Gasteiger partial charge on any atom is -0.382 e. The number of nitrogens with two attached hydrogens (primary N) is 1. The summed E-state index contributed by atoms with van der Waals surface area (Å²) in [6.07, 6.45) is 13.4. The average Bonchev–Trinajstić information content (AvgIpc) is 3.18. The smallest absolute Gasteiger partial charge is 0.167 e. The highest BCUT2D eigenvalue weighted by Gasteiger charge is 2.26. The van der Waals surface area contributed by atoms with Gasteiger partial charge in [0.25, 0.3) is 0 Å². The van der Waals surface area contributed by atoms with Crippen molar-refractivity contribution in [2.45, 2.75) is 49.1 Å². The van der Waals surface area contributed by atoms with Crippen molar-refractivity contribution in [1.29, 1.82) is 0 Å². The van der Waals surface area contributed by atoms with Crippen LogP contribution in [0.25, 0.3) is 11.2 Å². The highest BCUT2D eigenvalue weighted by atomic mass is 35.5. The van der Waals surface area contributed by atoms with Gasteiger partial charge in [-0.1, -0.05) is 24.3 Å². The molecule has 0 aromatic carbocycles. The van der Waals surface area contributed by atoms with Gasteiger partial charge < -0.3 is 10.5 Å². The summed E-state index contributed by atoms with van der Waals surface area (Å²) in [4.78, 5) is 12.0. The molecule has 2 aromatic heterocycles. The van der Waals surface area contributed by atoms with Crippen LogP contribution in [-0.4, -0.2) is 35.7 Å². The third-order valence-corrected chi connectivity index (χ3v) is 5.53. The van der Waals surface area contributed by atoms with E-state index in [0.717, 1.165) is 18.5 Å². The highest BCUT2D eigenvalue weighted by molar-refractivity contribution is 7.81. The Hall–Kier alpha value is -1.57. The van der Waals surface area contributed by atoms with Crippen LogP contribution in [-0.2, 0) is 4.74 Å². The van der Waals surface area contributed by atoms with Crippen LogP contribution in [0.15, 0.2) is 37.0 Å². The average molecular weight is 380 g/mol. The molecule has 2 N–H and O–H groups in total. The van der Waals surface area contributed by atoms with Crippen LogP contribution in [0.4, 0.5) is 5.82 Å². The summed E-state index contributed by atoms with van der Waals surface area (Å²) in [7, 11) is 0. The normalized spacial score (nSPS) is 31.1. The Morgan fingerprint density at radius 2 is 2.12 bits per heavy atom. The second kappa shape index (κ2) is 7.35. The number of ether oxygens (including phenoxy) is 1. The number of hydrogen-bond acceptors (Lipinski definition) is 6. The van der Waals surface area contributed by atoms with Gasteiger partial charge >= 0.3 is 0 Å². The van der Waals surface area contributed by atoms with Crippen LogP contribution in [0.2, 0.25) is 0 Å². The molecule has 8 heteroatoms. The van der Waals surface area contributed by atoms with E-state index in [0.29, 0.717) is 17.4 Å². The Balaban J connectivity index is 0.000000173. The van der Waals surface area contributed by atoms with Crippen LogP contribution in [0.3, 0.4) is 0 Å². The van der Waals surface area contributed by atoms with Crippen molar-refractivity contribution in [1.82, 2.24) is 19.5 Å². The lowest BCUT2D eigenvalue weighted by Crippen LogP contribution is -2.26. The SMILES string of the molecule is CC1(Cl)C=CC=CC1S.CC1CCC(n2cnc3c(N)ncnc32)O1. The largest absolute Gasteiger partial charge is 0.382 e. The Morgan fingerprint density at radius 1 is 1.32 bits per heavy atom. The van der Waals surface area contributed by atoms with E-state index < -0.39 is 0 Å². The summed E-state index contributed by atoms with van der Waals surface area (Å²) in [5.74, 6) is 0.412. The summed E-state index contributed by atoms with van der Waals surface area (Å²) >= 11 is 10.3. The van der Waals surface area contributed by atoms with Gasteiger partial charge in [-0.05, 0) is 26.7 Å². The maximum absolute atomic E-state index is 6.01. The molecule has 4 unspecified atom stereocenters. The third-order valence-electron chi connectivity index (χ3n) is 4.31. The molecular weight excluding hydrogens is 358 g/mol. The topological polar surface area (TPSA) is 78.9 Å². The molecule has 1 fully saturated rings. The van der Waals surface area contributed by atoms with E-state index in [9.17, 15) is 0 Å². The van der Waals surface area contributed by atoms with E-state index in [1.807, 2.05) is 35.8 Å². The number of thiol groups is 1. The van der Waals surface area contributed by atoms with E-state index in [-0.39, 0.29) is 16.4 Å². The number of hydrogen-bond donors (Lipinski definition) is 2. The Labute approximate surface area is 157 Å². The molecule has 3 heterocycles. The molecule has 2 aromatic rings. The molecule has 134 valence electrons. The lowest BCUT2D eigenvalue weighted by atomic mass is 10.0. The number of fused-ring (bicyclic) bond motifs is 1. The second-order valence-electron chi connectivity index (χ2n) is 6.40. The molecule has 1 saturated heterocycles. The van der Waals surface area contributed by atoms with Crippen molar-refractivity contribution in [2.75, 3.05) is 5.73 Å². The molecule has 1 aliphatic heterocycles. The quantitative estimate of drug-likeness (QED) is 0.585. The van der Waals surface area contributed by atoms with E-state index in [2.05, 4.69) is 34.5 Å². The van der Waals surface area contributed by atoms with Gasteiger partial charge in [-0.2, -0.15) is 12.6 Å². The standard InChI is InChI=1S/C10H13N5O.C7H9ClS/c1-6-2-3-7(16-6)15-5-14-8-9(11)12-4-13-10(8)15;1-7(8)5-3-2-4-6(7)9/h4-7H,2-3H2,1H3,(H2,11,12,13);2-6,9H,1H3. The first-order valence-electron chi connectivity index (χ1n) is 8.20. The van der Waals surface area contributed by atoms with Gasteiger partial charge in [0.2, 0.25) is 0 Å². The predicted molar refractivity (Wildman–Crippen MR) is 104 cm³/mol. The first-order chi connectivity index (χ1) is 11.9. The van der Waals surface area contributed by atoms with Crippen molar-refractivity contribution in [3.8, 4) is 0 Å². The first-order valence-corrected chi connectivity index (χ1v) is 9.09. The zero-order valence-electron chi connectivity index (χ0n) is 14.2. The molecule has 0 saturated carbocycles. The van der Waals surface area contributed by atoms with Gasteiger partial charge in [-0.3, -0.25) is 4.57 Å². The fourth-order valence-electron chi connectivity index (χ4n) is 2.77. The minimum atomic E-state index is -0.294. The number of nitrogen functional groups attached to an aromatic ring is 1. The van der Waals surface area contributed by atoms with Crippen LogP contribution >= 0.6 is 24.2 Å². The summed E-state index contributed by atoms with van der Waals surface area (Å²) < 4.78 is 7.70. The molecule has 25 heavy (non-hydrogen) atoms. The predicted octanol–water partition coefficient (Wildman–Crippen LogP) is 3.51. The van der Waals surface area contributed by atoms with Gasteiger partial charge in [-0.15, -0.1) is 11.6 Å². The molecule has 0 spiro atoms. The second-order valence-corrected chi connectivity index (χ2v) is 7.77. The highest BCUT2D eigenvalue weighted by Crippen LogP contribution is 2.30. The van der Waals surface area contributed by atoms with Gasteiger partial charge in [0.05, 0.1) is 17.3 Å². The molecule has 4 rings (SSSR count). The monoisotopic (exact) mass is 379 g/mol. The number of allylic oxidation sites excluding steroid dienone is 3. The van der Waals surface area contributed by atoms with Crippen molar-refractivity contribution in [2.24, 2.45) is 0 Å². The van der Waals surface area contributed by atoms with Gasteiger partial charge in [0.15, 0.2) is 11.5 Å². The maximum Gasteiger partial charge on any atom is 0.167 e. The molecule has 1 aliphatic carbocycles. The van der Waals surface area contributed by atoms with Crippen molar-refractivity contribution in [3.63, 3.8) is 0 Å². The number of nitrogens with zero attached hydrogens (tertiary/aromatic N) is 4. The molecule has 0 bridgehead atoms. The van der Waals surface area contributed by atoms with Crippen LogP contribution in [0.5, 0.6) is 0 Å². The van der Waals surface area contributed by atoms with Crippen LogP contribution in [0, 0.1) is 0 Å². The molecule has 2 aliphatic rings. The van der Waals surface area contributed by atoms with Crippen molar-refractivity contribution < 1.29 is 4.74 Å². The minimum absolute atomic E-state index is 0.0225. The third kappa shape index (κ3) is 3.99. The lowest BCUT2D eigenvalue weighted by Gasteiger charge is -2.24. The number of halogens is 1. The molecule has 4 atom stereocenters. The maximum atomic E-state index is 6.01. The fraction of sp³-hybridized carbons (Fsp3) is 0.471. The van der Waals surface area contributed by atoms with Crippen molar-refractivity contribution >= 4 is 41.2 Å². The number of anilines is 1. The number of aromatic nitrogens is 4.